The molecule has 0 saturated carbocycles. The normalized spacial score (nSPS) is 23.5. The number of piperazine rings is 1. The SMILES string of the molecule is CN1CCN(C)C(CC(O)c2cc(F)cc(F)c2)C1. The minimum Gasteiger partial charge on any atom is -0.388 e. The van der Waals surface area contributed by atoms with Gasteiger partial charge in [-0.15, -0.1) is 0 Å². The van der Waals surface area contributed by atoms with Crippen LogP contribution in [0, 0.1) is 11.6 Å². The molecule has 0 spiro atoms. The monoisotopic (exact) mass is 270 g/mol. The van der Waals surface area contributed by atoms with Crippen molar-refractivity contribution in [1.82, 2.24) is 9.80 Å². The molecule has 1 saturated heterocycles. The van der Waals surface area contributed by atoms with Crippen molar-refractivity contribution in [2.45, 2.75) is 18.6 Å². The van der Waals surface area contributed by atoms with Gasteiger partial charge in [-0.2, -0.15) is 0 Å². The quantitative estimate of drug-likeness (QED) is 0.904. The van der Waals surface area contributed by atoms with Crippen LogP contribution in [0.25, 0.3) is 0 Å². The van der Waals surface area contributed by atoms with Crippen LogP contribution in [0.5, 0.6) is 0 Å². The number of likely N-dealkylation sites (N-methyl/N-ethyl adjacent to an activating group) is 2. The Bertz CT molecular complexity index is 421. The summed E-state index contributed by atoms with van der Waals surface area (Å²) in [5, 5.41) is 10.1. The van der Waals surface area contributed by atoms with Crippen LogP contribution in [0.3, 0.4) is 0 Å². The van der Waals surface area contributed by atoms with E-state index >= 15 is 0 Å². The molecule has 1 aliphatic rings. The molecular formula is C14H20F2N2O. The maximum Gasteiger partial charge on any atom is 0.126 e. The van der Waals surface area contributed by atoms with Crippen LogP contribution >= 0.6 is 0 Å². The van der Waals surface area contributed by atoms with E-state index in [0.717, 1.165) is 25.7 Å². The van der Waals surface area contributed by atoms with Crippen LogP contribution in [0.4, 0.5) is 8.78 Å². The van der Waals surface area contributed by atoms with E-state index in [1.165, 1.54) is 12.1 Å². The third-order valence-corrected chi connectivity index (χ3v) is 3.75. The number of halogens is 2. The van der Waals surface area contributed by atoms with Gasteiger partial charge in [-0.05, 0) is 38.2 Å². The summed E-state index contributed by atoms with van der Waals surface area (Å²) in [6.45, 7) is 2.79. The topological polar surface area (TPSA) is 26.7 Å². The molecule has 2 rings (SSSR count). The molecule has 2 unspecified atom stereocenters. The lowest BCUT2D eigenvalue weighted by Gasteiger charge is -2.38. The Kier molecular flexibility index (Phi) is 4.50. The zero-order valence-electron chi connectivity index (χ0n) is 11.3. The van der Waals surface area contributed by atoms with Gasteiger partial charge in [0, 0.05) is 31.7 Å². The summed E-state index contributed by atoms with van der Waals surface area (Å²) < 4.78 is 26.3. The fourth-order valence-corrected chi connectivity index (χ4v) is 2.52. The number of nitrogens with zero attached hydrogens (tertiary/aromatic N) is 2. The molecule has 0 aliphatic carbocycles. The zero-order valence-corrected chi connectivity index (χ0v) is 11.3. The van der Waals surface area contributed by atoms with Gasteiger partial charge in [0.05, 0.1) is 6.10 Å². The average molecular weight is 270 g/mol. The van der Waals surface area contributed by atoms with Gasteiger partial charge < -0.3 is 14.9 Å². The minimum absolute atomic E-state index is 0.195. The predicted octanol–water partition coefficient (Wildman–Crippen LogP) is 1.63. The molecular weight excluding hydrogens is 250 g/mol. The number of benzene rings is 1. The summed E-state index contributed by atoms with van der Waals surface area (Å²) in [7, 11) is 4.05. The van der Waals surface area contributed by atoms with Crippen molar-refractivity contribution in [3.05, 3.63) is 35.4 Å². The van der Waals surface area contributed by atoms with Crippen molar-refractivity contribution < 1.29 is 13.9 Å². The van der Waals surface area contributed by atoms with E-state index in [-0.39, 0.29) is 6.04 Å². The lowest BCUT2D eigenvalue weighted by Crippen LogP contribution is -2.50. The van der Waals surface area contributed by atoms with E-state index < -0.39 is 17.7 Å². The fourth-order valence-electron chi connectivity index (χ4n) is 2.52. The van der Waals surface area contributed by atoms with Gasteiger partial charge in [0.2, 0.25) is 0 Å². The van der Waals surface area contributed by atoms with Gasteiger partial charge in [-0.1, -0.05) is 0 Å². The summed E-state index contributed by atoms with van der Waals surface area (Å²) >= 11 is 0. The first-order valence-electron chi connectivity index (χ1n) is 6.48. The highest BCUT2D eigenvalue weighted by molar-refractivity contribution is 5.20. The first-order valence-corrected chi connectivity index (χ1v) is 6.48. The molecule has 1 N–H and O–H groups in total. The molecule has 0 bridgehead atoms. The second-order valence-electron chi connectivity index (χ2n) is 5.35. The van der Waals surface area contributed by atoms with Crippen LogP contribution in [0.2, 0.25) is 0 Å². The summed E-state index contributed by atoms with van der Waals surface area (Å²) in [6.07, 6.45) is -0.367. The second-order valence-corrected chi connectivity index (χ2v) is 5.35. The maximum absolute atomic E-state index is 13.1. The Labute approximate surface area is 112 Å². The lowest BCUT2D eigenvalue weighted by atomic mass is 9.99. The van der Waals surface area contributed by atoms with Gasteiger partial charge in [-0.25, -0.2) is 8.78 Å². The van der Waals surface area contributed by atoms with Crippen LogP contribution in [-0.2, 0) is 0 Å². The molecule has 5 heteroatoms. The summed E-state index contributed by atoms with van der Waals surface area (Å²) in [5.74, 6) is -1.30. The number of hydrogen-bond acceptors (Lipinski definition) is 3. The molecule has 1 aromatic rings. The van der Waals surface area contributed by atoms with Crippen LogP contribution < -0.4 is 0 Å². The molecule has 0 radical (unpaired) electrons. The van der Waals surface area contributed by atoms with Gasteiger partial charge in [-0.3, -0.25) is 0 Å². The first-order chi connectivity index (χ1) is 8.95. The molecule has 1 aromatic carbocycles. The Morgan fingerprint density at radius 1 is 1.21 bits per heavy atom. The molecule has 1 aliphatic heterocycles. The fraction of sp³-hybridized carbons (Fsp3) is 0.571. The highest BCUT2D eigenvalue weighted by Gasteiger charge is 2.25. The molecule has 0 amide bonds. The Hall–Kier alpha value is -1.04. The van der Waals surface area contributed by atoms with E-state index in [4.69, 9.17) is 0 Å². The van der Waals surface area contributed by atoms with Crippen LogP contribution in [0.1, 0.15) is 18.1 Å². The first kappa shape index (κ1) is 14.4. The van der Waals surface area contributed by atoms with Gasteiger partial charge in [0.25, 0.3) is 0 Å². The third kappa shape index (κ3) is 3.72. The number of aliphatic hydroxyl groups is 1. The van der Waals surface area contributed by atoms with E-state index in [1.54, 1.807) is 0 Å². The lowest BCUT2D eigenvalue weighted by molar-refractivity contribution is 0.0632. The van der Waals surface area contributed by atoms with Crippen molar-refractivity contribution in [2.24, 2.45) is 0 Å². The zero-order chi connectivity index (χ0) is 14.0. The van der Waals surface area contributed by atoms with Crippen LogP contribution in [-0.4, -0.2) is 54.7 Å². The molecule has 1 heterocycles. The Morgan fingerprint density at radius 3 is 2.47 bits per heavy atom. The van der Waals surface area contributed by atoms with E-state index in [0.29, 0.717) is 12.0 Å². The number of hydrogen-bond donors (Lipinski definition) is 1. The van der Waals surface area contributed by atoms with Crippen molar-refractivity contribution in [3.63, 3.8) is 0 Å². The molecule has 19 heavy (non-hydrogen) atoms. The maximum atomic E-state index is 13.1. The van der Waals surface area contributed by atoms with Crippen molar-refractivity contribution in [1.29, 1.82) is 0 Å². The Morgan fingerprint density at radius 2 is 1.84 bits per heavy atom. The minimum atomic E-state index is -0.843. The molecule has 106 valence electrons. The summed E-state index contributed by atoms with van der Waals surface area (Å²) in [6, 6.07) is 3.40. The molecule has 1 fully saturated rings. The number of rotatable bonds is 3. The number of aliphatic hydroxyl groups excluding tert-OH is 1. The smallest absolute Gasteiger partial charge is 0.126 e. The predicted molar refractivity (Wildman–Crippen MR) is 69.8 cm³/mol. The van der Waals surface area contributed by atoms with Gasteiger partial charge in [0.1, 0.15) is 11.6 Å². The molecule has 3 nitrogen and oxygen atoms in total. The van der Waals surface area contributed by atoms with E-state index in [1.807, 2.05) is 14.1 Å². The standard InChI is InChI=1S/C14H20F2N2O/c1-17-3-4-18(2)13(9-17)8-14(19)10-5-11(15)7-12(16)6-10/h5-7,13-14,19H,3-4,8-9H2,1-2H3. The Balaban J connectivity index is 2.05. The van der Waals surface area contributed by atoms with Crippen LogP contribution in [0.15, 0.2) is 18.2 Å². The summed E-state index contributed by atoms with van der Waals surface area (Å²) in [4.78, 5) is 4.38. The van der Waals surface area contributed by atoms with Crippen molar-refractivity contribution in [2.75, 3.05) is 33.7 Å². The average Bonchev–Trinajstić information content (AvgIpc) is 2.32. The second kappa shape index (κ2) is 5.94. The van der Waals surface area contributed by atoms with Gasteiger partial charge >= 0.3 is 0 Å². The largest absolute Gasteiger partial charge is 0.388 e. The van der Waals surface area contributed by atoms with Gasteiger partial charge in [0.15, 0.2) is 0 Å². The molecule has 2 atom stereocenters. The van der Waals surface area contributed by atoms with Crippen molar-refractivity contribution >= 4 is 0 Å². The van der Waals surface area contributed by atoms with E-state index in [9.17, 15) is 13.9 Å². The summed E-state index contributed by atoms with van der Waals surface area (Å²) in [5.41, 5.74) is 0.305. The van der Waals surface area contributed by atoms with E-state index in [2.05, 4.69) is 9.80 Å². The highest BCUT2D eigenvalue weighted by Crippen LogP contribution is 2.23. The highest BCUT2D eigenvalue weighted by atomic mass is 19.1. The van der Waals surface area contributed by atoms with Crippen molar-refractivity contribution in [3.8, 4) is 0 Å². The molecule has 0 aromatic heterocycles. The third-order valence-electron chi connectivity index (χ3n) is 3.75.